The van der Waals surface area contributed by atoms with Crippen LogP contribution in [0.15, 0.2) is 54.6 Å². The number of amides is 1. The van der Waals surface area contributed by atoms with Crippen molar-refractivity contribution in [3.05, 3.63) is 74.3 Å². The lowest BCUT2D eigenvalue weighted by Gasteiger charge is -2.15. The number of ether oxygens (including phenoxy) is 3. The molecule has 2 N–H and O–H groups in total. The highest BCUT2D eigenvalue weighted by Gasteiger charge is 2.14. The lowest BCUT2D eigenvalue weighted by atomic mass is 10.2. The Labute approximate surface area is 206 Å². The Hall–Kier alpha value is -2.65. The van der Waals surface area contributed by atoms with Crippen molar-refractivity contribution < 1.29 is 19.0 Å². The summed E-state index contributed by atoms with van der Waals surface area (Å²) in [5.74, 6) is 1.61. The normalized spacial score (nSPS) is 10.4. The molecule has 8 heteroatoms. The van der Waals surface area contributed by atoms with E-state index in [1.54, 1.807) is 26.4 Å². The van der Waals surface area contributed by atoms with E-state index in [0.717, 1.165) is 26.1 Å². The van der Waals surface area contributed by atoms with Crippen LogP contribution in [-0.4, -0.2) is 26.7 Å². The Morgan fingerprint density at radius 3 is 2.38 bits per heavy atom. The summed E-state index contributed by atoms with van der Waals surface area (Å²) in [6, 6.07) is 17.0. The molecule has 168 valence electrons. The summed E-state index contributed by atoms with van der Waals surface area (Å²) in [5.41, 5.74) is 3.57. The fourth-order valence-corrected chi connectivity index (χ4v) is 3.94. The number of nitrogens with one attached hydrogen (secondary N) is 2. The van der Waals surface area contributed by atoms with Gasteiger partial charge in [-0.3, -0.25) is 4.79 Å². The number of hydrogen-bond acceptors (Lipinski definition) is 5. The Morgan fingerprint density at radius 1 is 1.00 bits per heavy atom. The molecule has 32 heavy (non-hydrogen) atoms. The summed E-state index contributed by atoms with van der Waals surface area (Å²) in [7, 11) is 3.22. The van der Waals surface area contributed by atoms with E-state index in [1.165, 1.54) is 0 Å². The highest BCUT2D eigenvalue weighted by atomic mass is 127. The van der Waals surface area contributed by atoms with Crippen LogP contribution in [0.5, 0.6) is 17.2 Å². The maximum atomic E-state index is 12.3. The van der Waals surface area contributed by atoms with Crippen LogP contribution in [-0.2, 0) is 11.3 Å². The minimum Gasteiger partial charge on any atom is -0.497 e. The number of carbonyl (C=O) groups is 1. The molecule has 0 saturated heterocycles. The molecule has 0 fully saturated rings. The van der Waals surface area contributed by atoms with Crippen LogP contribution < -0.4 is 24.8 Å². The predicted octanol–water partition coefficient (Wildman–Crippen LogP) is 5.90. The van der Waals surface area contributed by atoms with Gasteiger partial charge in [0.2, 0.25) is 0 Å². The van der Waals surface area contributed by atoms with Crippen molar-refractivity contribution in [1.82, 2.24) is 0 Å². The van der Waals surface area contributed by atoms with Crippen molar-refractivity contribution in [1.29, 1.82) is 0 Å². The van der Waals surface area contributed by atoms with E-state index in [2.05, 4.69) is 33.2 Å². The quantitative estimate of drug-likeness (QED) is 0.316. The van der Waals surface area contributed by atoms with Gasteiger partial charge in [-0.15, -0.1) is 0 Å². The van der Waals surface area contributed by atoms with Crippen LogP contribution in [0.3, 0.4) is 0 Å². The van der Waals surface area contributed by atoms with Gasteiger partial charge in [0.15, 0.2) is 18.1 Å². The average molecular weight is 567 g/mol. The first-order valence-corrected chi connectivity index (χ1v) is 11.3. The Bertz CT molecular complexity index is 1090. The van der Waals surface area contributed by atoms with Crippen LogP contribution in [0, 0.1) is 10.5 Å². The molecule has 0 aliphatic carbocycles. The number of halogens is 2. The van der Waals surface area contributed by atoms with E-state index >= 15 is 0 Å². The molecule has 0 atom stereocenters. The zero-order chi connectivity index (χ0) is 23.1. The molecule has 0 aliphatic rings. The monoisotopic (exact) mass is 566 g/mol. The van der Waals surface area contributed by atoms with Crippen LogP contribution in [0.25, 0.3) is 0 Å². The number of anilines is 2. The topological polar surface area (TPSA) is 68.8 Å². The van der Waals surface area contributed by atoms with Gasteiger partial charge in [-0.05, 0) is 89.2 Å². The summed E-state index contributed by atoms with van der Waals surface area (Å²) in [6.45, 7) is 2.36. The van der Waals surface area contributed by atoms with Gasteiger partial charge >= 0.3 is 0 Å². The Morgan fingerprint density at radius 2 is 1.72 bits per heavy atom. The molecular formula is C24H24ClIN2O4. The van der Waals surface area contributed by atoms with Crippen LogP contribution in [0.2, 0.25) is 5.02 Å². The van der Waals surface area contributed by atoms with Gasteiger partial charge in [-0.2, -0.15) is 0 Å². The summed E-state index contributed by atoms with van der Waals surface area (Å²) in [4.78, 5) is 12.3. The highest BCUT2D eigenvalue weighted by molar-refractivity contribution is 14.1. The zero-order valence-electron chi connectivity index (χ0n) is 18.0. The van der Waals surface area contributed by atoms with E-state index in [9.17, 15) is 4.79 Å². The third-order valence-corrected chi connectivity index (χ3v) is 5.89. The lowest BCUT2D eigenvalue weighted by Crippen LogP contribution is -2.20. The molecule has 3 rings (SSSR count). The molecule has 0 unspecified atom stereocenters. The summed E-state index contributed by atoms with van der Waals surface area (Å²) < 4.78 is 17.3. The molecule has 0 aromatic heterocycles. The van der Waals surface area contributed by atoms with E-state index in [0.29, 0.717) is 28.8 Å². The van der Waals surface area contributed by atoms with Crippen molar-refractivity contribution in [2.24, 2.45) is 0 Å². The van der Waals surface area contributed by atoms with Gasteiger partial charge < -0.3 is 24.8 Å². The van der Waals surface area contributed by atoms with Crippen molar-refractivity contribution in [3.8, 4) is 17.2 Å². The van der Waals surface area contributed by atoms with Gasteiger partial charge in [-0.25, -0.2) is 0 Å². The molecule has 0 bridgehead atoms. The molecular weight excluding hydrogens is 543 g/mol. The van der Waals surface area contributed by atoms with Crippen LogP contribution in [0.4, 0.5) is 11.4 Å². The molecule has 0 radical (unpaired) electrons. The minimum atomic E-state index is -0.284. The fourth-order valence-electron chi connectivity index (χ4n) is 2.93. The number of hydrogen-bond donors (Lipinski definition) is 2. The summed E-state index contributed by atoms with van der Waals surface area (Å²) in [6.07, 6.45) is 0. The van der Waals surface area contributed by atoms with E-state index in [4.69, 9.17) is 25.8 Å². The summed E-state index contributed by atoms with van der Waals surface area (Å²) in [5, 5.41) is 6.75. The molecule has 0 saturated carbocycles. The van der Waals surface area contributed by atoms with Crippen molar-refractivity contribution in [3.63, 3.8) is 0 Å². The third kappa shape index (κ3) is 6.43. The van der Waals surface area contributed by atoms with Gasteiger partial charge in [0.1, 0.15) is 5.75 Å². The Balaban J connectivity index is 1.62. The largest absolute Gasteiger partial charge is 0.497 e. The maximum Gasteiger partial charge on any atom is 0.262 e. The molecule has 6 nitrogen and oxygen atoms in total. The number of aryl methyl sites for hydroxylation is 1. The lowest BCUT2D eigenvalue weighted by molar-refractivity contribution is -0.118. The molecule has 0 spiro atoms. The van der Waals surface area contributed by atoms with Crippen molar-refractivity contribution in [2.75, 3.05) is 31.5 Å². The fraction of sp³-hybridized carbons (Fsp3) is 0.208. The first kappa shape index (κ1) is 24.0. The third-order valence-electron chi connectivity index (χ3n) is 4.68. The van der Waals surface area contributed by atoms with Gasteiger partial charge in [-0.1, -0.05) is 17.7 Å². The van der Waals surface area contributed by atoms with Crippen molar-refractivity contribution in [2.45, 2.75) is 13.5 Å². The van der Waals surface area contributed by atoms with Crippen molar-refractivity contribution >= 4 is 51.5 Å². The summed E-state index contributed by atoms with van der Waals surface area (Å²) >= 11 is 8.29. The number of methoxy groups -OCH3 is 2. The molecule has 3 aromatic rings. The maximum absolute atomic E-state index is 12.3. The van der Waals surface area contributed by atoms with Crippen LogP contribution >= 0.6 is 34.2 Å². The van der Waals surface area contributed by atoms with E-state index in [-0.39, 0.29) is 12.5 Å². The molecule has 3 aromatic carbocycles. The number of benzene rings is 3. The first-order valence-electron chi connectivity index (χ1n) is 9.82. The minimum absolute atomic E-state index is 0.151. The van der Waals surface area contributed by atoms with Crippen LogP contribution in [0.1, 0.15) is 11.1 Å². The standard InChI is InChI=1S/C24H24ClIN2O4/c1-15-4-5-18(12-20(15)25)28-23(29)14-32-24-21(26)10-16(11-22(24)31-3)13-27-17-6-8-19(30-2)9-7-17/h4-12,27H,13-14H2,1-3H3,(H,28,29). The second-order valence-corrected chi connectivity index (χ2v) is 8.56. The average Bonchev–Trinajstić information content (AvgIpc) is 2.79. The van der Waals surface area contributed by atoms with Gasteiger partial charge in [0, 0.05) is 22.9 Å². The van der Waals surface area contributed by atoms with Gasteiger partial charge in [0.25, 0.3) is 5.91 Å². The highest BCUT2D eigenvalue weighted by Crippen LogP contribution is 2.34. The second kappa shape index (κ2) is 11.3. The number of rotatable bonds is 9. The predicted molar refractivity (Wildman–Crippen MR) is 136 cm³/mol. The van der Waals surface area contributed by atoms with E-state index in [1.807, 2.05) is 49.4 Å². The van der Waals surface area contributed by atoms with Gasteiger partial charge in [0.05, 0.1) is 17.8 Å². The molecule has 1 amide bonds. The first-order chi connectivity index (χ1) is 15.4. The SMILES string of the molecule is COc1ccc(NCc2cc(I)c(OCC(=O)Nc3ccc(C)c(Cl)c3)c(OC)c2)cc1. The number of carbonyl (C=O) groups excluding carboxylic acids is 1. The molecule has 0 aliphatic heterocycles. The molecule has 0 heterocycles. The Kier molecular flexibility index (Phi) is 8.46. The smallest absolute Gasteiger partial charge is 0.262 e. The zero-order valence-corrected chi connectivity index (χ0v) is 20.9. The second-order valence-electron chi connectivity index (χ2n) is 6.99. The van der Waals surface area contributed by atoms with E-state index < -0.39 is 0 Å².